The fourth-order valence-electron chi connectivity index (χ4n) is 2.68. The number of nitrogens with one attached hydrogen (secondary N) is 1. The number of pyridine rings is 1. The van der Waals surface area contributed by atoms with E-state index >= 15 is 0 Å². The summed E-state index contributed by atoms with van der Waals surface area (Å²) in [5.74, 6) is 2.11. The molecule has 1 N–H and O–H groups in total. The topological polar surface area (TPSA) is 74.2 Å². The third-order valence-corrected chi connectivity index (χ3v) is 4.10. The van der Waals surface area contributed by atoms with Crippen LogP contribution < -0.4 is 10.2 Å². The molecule has 1 aliphatic heterocycles. The zero-order valence-electron chi connectivity index (χ0n) is 14.7. The van der Waals surface area contributed by atoms with Gasteiger partial charge in [-0.25, -0.2) is 15.0 Å². The van der Waals surface area contributed by atoms with E-state index in [4.69, 9.17) is 0 Å². The molecule has 132 valence electrons. The van der Waals surface area contributed by atoms with Gasteiger partial charge in [0, 0.05) is 38.9 Å². The molecule has 0 unspecified atom stereocenters. The predicted molar refractivity (Wildman–Crippen MR) is 97.7 cm³/mol. The average molecular weight is 340 g/mol. The summed E-state index contributed by atoms with van der Waals surface area (Å²) < 4.78 is 0. The second-order valence-corrected chi connectivity index (χ2v) is 6.53. The largest absolute Gasteiger partial charge is 0.369 e. The first-order chi connectivity index (χ1) is 12.1. The lowest BCUT2D eigenvalue weighted by Crippen LogP contribution is -2.49. The highest BCUT2D eigenvalue weighted by molar-refractivity contribution is 5.92. The van der Waals surface area contributed by atoms with E-state index in [2.05, 4.69) is 39.0 Å². The Morgan fingerprint density at radius 1 is 1.12 bits per heavy atom. The van der Waals surface area contributed by atoms with Gasteiger partial charge in [-0.1, -0.05) is 19.9 Å². The maximum absolute atomic E-state index is 12.6. The van der Waals surface area contributed by atoms with E-state index in [0.717, 1.165) is 25.5 Å². The van der Waals surface area contributed by atoms with Crippen molar-refractivity contribution in [3.63, 3.8) is 0 Å². The first-order valence-corrected chi connectivity index (χ1v) is 8.64. The van der Waals surface area contributed by atoms with Crippen LogP contribution >= 0.6 is 0 Å². The fourth-order valence-corrected chi connectivity index (χ4v) is 2.68. The molecule has 2 aromatic heterocycles. The Labute approximate surface area is 148 Å². The number of hydrogen-bond acceptors (Lipinski definition) is 6. The maximum Gasteiger partial charge on any atom is 0.274 e. The lowest BCUT2D eigenvalue weighted by Gasteiger charge is -2.35. The van der Waals surface area contributed by atoms with Gasteiger partial charge in [-0.3, -0.25) is 4.79 Å². The molecule has 25 heavy (non-hydrogen) atoms. The summed E-state index contributed by atoms with van der Waals surface area (Å²) in [6, 6.07) is 5.87. The van der Waals surface area contributed by atoms with Gasteiger partial charge in [-0.05, 0) is 18.1 Å². The van der Waals surface area contributed by atoms with Crippen LogP contribution in [0.3, 0.4) is 0 Å². The van der Waals surface area contributed by atoms with Crippen LogP contribution in [-0.2, 0) is 0 Å². The molecule has 0 spiro atoms. The van der Waals surface area contributed by atoms with Crippen LogP contribution in [0.25, 0.3) is 0 Å². The van der Waals surface area contributed by atoms with E-state index in [-0.39, 0.29) is 5.91 Å². The van der Waals surface area contributed by atoms with Gasteiger partial charge in [0.05, 0.1) is 12.4 Å². The molecular formula is C18H24N6O. The monoisotopic (exact) mass is 340 g/mol. The highest BCUT2D eigenvalue weighted by Crippen LogP contribution is 2.14. The summed E-state index contributed by atoms with van der Waals surface area (Å²) in [5, 5.41) is 3.20. The van der Waals surface area contributed by atoms with Crippen molar-refractivity contribution in [2.75, 3.05) is 42.9 Å². The second-order valence-electron chi connectivity index (χ2n) is 6.53. The summed E-state index contributed by atoms with van der Waals surface area (Å²) >= 11 is 0. The molecule has 7 heteroatoms. The number of rotatable bonds is 5. The van der Waals surface area contributed by atoms with Crippen molar-refractivity contribution in [1.29, 1.82) is 0 Å². The normalized spacial score (nSPS) is 14.7. The zero-order valence-corrected chi connectivity index (χ0v) is 14.7. The highest BCUT2D eigenvalue weighted by atomic mass is 16.2. The lowest BCUT2D eigenvalue weighted by molar-refractivity contribution is 0.0740. The average Bonchev–Trinajstić information content (AvgIpc) is 2.67. The third kappa shape index (κ3) is 4.43. The smallest absolute Gasteiger partial charge is 0.274 e. The molecule has 2 aromatic rings. The van der Waals surface area contributed by atoms with Gasteiger partial charge in [0.15, 0.2) is 0 Å². The van der Waals surface area contributed by atoms with Crippen LogP contribution in [-0.4, -0.2) is 58.5 Å². The van der Waals surface area contributed by atoms with Crippen LogP contribution in [0.1, 0.15) is 24.3 Å². The molecule has 1 saturated heterocycles. The van der Waals surface area contributed by atoms with Crippen LogP contribution in [0.2, 0.25) is 0 Å². The fraction of sp³-hybridized carbons (Fsp3) is 0.444. The number of piperazine rings is 1. The molecule has 1 fully saturated rings. The number of hydrogen-bond donors (Lipinski definition) is 1. The van der Waals surface area contributed by atoms with Gasteiger partial charge in [0.2, 0.25) is 0 Å². The van der Waals surface area contributed by atoms with E-state index in [0.29, 0.717) is 30.5 Å². The van der Waals surface area contributed by atoms with E-state index in [1.165, 1.54) is 0 Å². The molecule has 3 heterocycles. The van der Waals surface area contributed by atoms with Gasteiger partial charge in [0.25, 0.3) is 5.91 Å². The van der Waals surface area contributed by atoms with E-state index in [1.807, 2.05) is 23.1 Å². The number of anilines is 2. The minimum Gasteiger partial charge on any atom is -0.369 e. The summed E-state index contributed by atoms with van der Waals surface area (Å²) in [7, 11) is 0. The quantitative estimate of drug-likeness (QED) is 0.896. The number of carbonyl (C=O) groups is 1. The summed E-state index contributed by atoms with van der Waals surface area (Å²) in [4.78, 5) is 29.5. The minimum atomic E-state index is -0.0661. The first-order valence-electron chi connectivity index (χ1n) is 8.64. The Morgan fingerprint density at radius 2 is 1.92 bits per heavy atom. The summed E-state index contributed by atoms with van der Waals surface area (Å²) in [6.07, 6.45) is 4.97. The number of carbonyl (C=O) groups excluding carboxylic acids is 1. The Kier molecular flexibility index (Phi) is 5.42. The van der Waals surface area contributed by atoms with Gasteiger partial charge in [0.1, 0.15) is 17.3 Å². The van der Waals surface area contributed by atoms with Crippen molar-refractivity contribution in [1.82, 2.24) is 19.9 Å². The molecule has 0 aliphatic carbocycles. The summed E-state index contributed by atoms with van der Waals surface area (Å²) in [5.41, 5.74) is 0.390. The van der Waals surface area contributed by atoms with Gasteiger partial charge < -0.3 is 15.1 Å². The standard InChI is InChI=1S/C18H24N6O/c1-14(2)11-21-16-13-20-15(12-22-16)18(25)24-9-7-23(8-10-24)17-5-3-4-6-19-17/h3-6,12-14H,7-11H2,1-2H3,(H,21,22). The van der Waals surface area contributed by atoms with E-state index < -0.39 is 0 Å². The van der Waals surface area contributed by atoms with Crippen molar-refractivity contribution in [2.45, 2.75) is 13.8 Å². The van der Waals surface area contributed by atoms with Crippen molar-refractivity contribution in [2.24, 2.45) is 5.92 Å². The Morgan fingerprint density at radius 3 is 2.52 bits per heavy atom. The molecular weight excluding hydrogens is 316 g/mol. The van der Waals surface area contributed by atoms with Crippen LogP contribution in [0.15, 0.2) is 36.8 Å². The molecule has 1 aliphatic rings. The van der Waals surface area contributed by atoms with Crippen LogP contribution in [0.4, 0.5) is 11.6 Å². The second kappa shape index (κ2) is 7.92. The molecule has 0 saturated carbocycles. The van der Waals surface area contributed by atoms with Crippen LogP contribution in [0.5, 0.6) is 0 Å². The van der Waals surface area contributed by atoms with Crippen molar-refractivity contribution >= 4 is 17.5 Å². The Bertz CT molecular complexity index is 680. The molecule has 0 radical (unpaired) electrons. The SMILES string of the molecule is CC(C)CNc1cnc(C(=O)N2CCN(c3ccccn3)CC2)cn1. The lowest BCUT2D eigenvalue weighted by atomic mass is 10.2. The maximum atomic E-state index is 12.6. The molecule has 1 amide bonds. The molecule has 0 aromatic carbocycles. The molecule has 0 bridgehead atoms. The molecule has 3 rings (SSSR count). The van der Waals surface area contributed by atoms with Crippen molar-refractivity contribution < 1.29 is 4.79 Å². The predicted octanol–water partition coefficient (Wildman–Crippen LogP) is 1.90. The number of aromatic nitrogens is 3. The first kappa shape index (κ1) is 17.1. The highest BCUT2D eigenvalue weighted by Gasteiger charge is 2.23. The zero-order chi connectivity index (χ0) is 17.6. The van der Waals surface area contributed by atoms with E-state index in [9.17, 15) is 4.79 Å². The molecule has 0 atom stereocenters. The summed E-state index contributed by atoms with van der Waals surface area (Å²) in [6.45, 7) is 7.94. The van der Waals surface area contributed by atoms with Crippen molar-refractivity contribution in [3.8, 4) is 0 Å². The number of amides is 1. The van der Waals surface area contributed by atoms with Gasteiger partial charge >= 0.3 is 0 Å². The number of nitrogens with zero attached hydrogens (tertiary/aromatic N) is 5. The van der Waals surface area contributed by atoms with Gasteiger partial charge in [-0.15, -0.1) is 0 Å². The Hall–Kier alpha value is -2.70. The van der Waals surface area contributed by atoms with E-state index in [1.54, 1.807) is 18.6 Å². The Balaban J connectivity index is 1.55. The van der Waals surface area contributed by atoms with Gasteiger partial charge in [-0.2, -0.15) is 0 Å². The third-order valence-electron chi connectivity index (χ3n) is 4.10. The van der Waals surface area contributed by atoms with Crippen molar-refractivity contribution in [3.05, 3.63) is 42.5 Å². The van der Waals surface area contributed by atoms with Crippen LogP contribution in [0, 0.1) is 5.92 Å². The minimum absolute atomic E-state index is 0.0661. The molecule has 7 nitrogen and oxygen atoms in total.